The highest BCUT2D eigenvalue weighted by Crippen LogP contribution is 2.36. The van der Waals surface area contributed by atoms with Crippen LogP contribution in [0.4, 0.5) is 11.4 Å². The van der Waals surface area contributed by atoms with E-state index in [-0.39, 0.29) is 29.2 Å². The van der Waals surface area contributed by atoms with E-state index in [1.54, 1.807) is 13.0 Å². The summed E-state index contributed by atoms with van der Waals surface area (Å²) in [7, 11) is 0. The van der Waals surface area contributed by atoms with Crippen LogP contribution in [0.15, 0.2) is 12.1 Å². The van der Waals surface area contributed by atoms with Gasteiger partial charge in [0.15, 0.2) is 12.4 Å². The number of anilines is 2. The Morgan fingerprint density at radius 2 is 2.08 bits per heavy atom. The number of Topliss-reactive ketones (excluding diaryl/α,β-unsaturated/α-hetero) is 1. The van der Waals surface area contributed by atoms with E-state index in [1.807, 2.05) is 0 Å². The standard InChI is InChI=1S/C18H16ClN3O4/c1-8-16-10(3-2-4-13(16)23)21-17(8)18(25)22-11-6-14-12(5-9(11)19)20-15(24)7-26-14/h5-6,21H,2-4,7H2,1H3,(H,20,24)(H,22,25). The van der Waals surface area contributed by atoms with Crippen molar-refractivity contribution in [3.63, 3.8) is 0 Å². The van der Waals surface area contributed by atoms with Gasteiger partial charge in [-0.15, -0.1) is 0 Å². The van der Waals surface area contributed by atoms with Crippen LogP contribution >= 0.6 is 11.6 Å². The molecule has 26 heavy (non-hydrogen) atoms. The van der Waals surface area contributed by atoms with Crippen molar-refractivity contribution in [1.29, 1.82) is 0 Å². The normalized spacial score (nSPS) is 15.6. The highest BCUT2D eigenvalue weighted by Gasteiger charge is 2.27. The van der Waals surface area contributed by atoms with Crippen LogP contribution in [0.5, 0.6) is 5.75 Å². The molecule has 2 aromatic rings. The second kappa shape index (κ2) is 6.17. The molecule has 0 bridgehead atoms. The van der Waals surface area contributed by atoms with E-state index in [9.17, 15) is 14.4 Å². The highest BCUT2D eigenvalue weighted by molar-refractivity contribution is 6.34. The van der Waals surface area contributed by atoms with Gasteiger partial charge in [0.25, 0.3) is 11.8 Å². The number of nitrogens with one attached hydrogen (secondary N) is 3. The minimum atomic E-state index is -0.383. The predicted octanol–water partition coefficient (Wildman–Crippen LogP) is 3.08. The summed E-state index contributed by atoms with van der Waals surface area (Å²) in [6, 6.07) is 3.10. The molecule has 0 spiro atoms. The van der Waals surface area contributed by atoms with Crippen molar-refractivity contribution < 1.29 is 19.1 Å². The van der Waals surface area contributed by atoms with Crippen LogP contribution in [-0.2, 0) is 11.2 Å². The zero-order valence-electron chi connectivity index (χ0n) is 14.0. The number of carbonyl (C=O) groups excluding carboxylic acids is 3. The number of ketones is 1. The molecule has 2 aliphatic rings. The molecule has 4 rings (SSSR count). The number of halogens is 1. The fraction of sp³-hybridized carbons (Fsp3) is 0.278. The van der Waals surface area contributed by atoms with Crippen LogP contribution in [0.25, 0.3) is 0 Å². The van der Waals surface area contributed by atoms with Crippen LogP contribution in [0.1, 0.15) is 44.9 Å². The fourth-order valence-electron chi connectivity index (χ4n) is 3.38. The van der Waals surface area contributed by atoms with Crippen molar-refractivity contribution in [3.05, 3.63) is 39.7 Å². The van der Waals surface area contributed by atoms with Gasteiger partial charge in [0, 0.05) is 23.7 Å². The molecule has 0 radical (unpaired) electrons. The topological polar surface area (TPSA) is 100 Å². The molecule has 0 atom stereocenters. The third kappa shape index (κ3) is 2.74. The quantitative estimate of drug-likeness (QED) is 0.753. The van der Waals surface area contributed by atoms with Crippen LogP contribution in [0.3, 0.4) is 0 Å². The first kappa shape index (κ1) is 16.7. The maximum Gasteiger partial charge on any atom is 0.272 e. The minimum absolute atomic E-state index is 0.0648. The molecular weight excluding hydrogens is 358 g/mol. The SMILES string of the molecule is Cc1c(C(=O)Nc2cc3c(cc2Cl)NC(=O)CO3)[nH]c2c1C(=O)CCC2. The molecule has 2 heterocycles. The average Bonchev–Trinajstić information content (AvgIpc) is 2.94. The molecule has 1 aromatic carbocycles. The van der Waals surface area contributed by atoms with Gasteiger partial charge in [0.05, 0.1) is 16.4 Å². The van der Waals surface area contributed by atoms with Crippen molar-refractivity contribution >= 4 is 40.6 Å². The highest BCUT2D eigenvalue weighted by atomic mass is 35.5. The number of fused-ring (bicyclic) bond motifs is 2. The first-order valence-corrected chi connectivity index (χ1v) is 8.64. The number of carbonyl (C=O) groups is 3. The number of aromatic nitrogens is 1. The molecule has 1 aliphatic heterocycles. The number of benzene rings is 1. The van der Waals surface area contributed by atoms with Gasteiger partial charge in [-0.3, -0.25) is 14.4 Å². The molecule has 7 nitrogen and oxygen atoms in total. The molecule has 8 heteroatoms. The Hall–Kier alpha value is -2.80. The molecule has 0 saturated heterocycles. The number of ether oxygens (including phenoxy) is 1. The minimum Gasteiger partial charge on any atom is -0.482 e. The lowest BCUT2D eigenvalue weighted by molar-refractivity contribution is -0.118. The summed E-state index contributed by atoms with van der Waals surface area (Å²) >= 11 is 6.22. The fourth-order valence-corrected chi connectivity index (χ4v) is 3.59. The smallest absolute Gasteiger partial charge is 0.272 e. The molecule has 0 fully saturated rings. The van der Waals surface area contributed by atoms with Gasteiger partial charge < -0.3 is 20.4 Å². The number of aryl methyl sites for hydroxylation is 1. The van der Waals surface area contributed by atoms with E-state index in [1.165, 1.54) is 6.07 Å². The van der Waals surface area contributed by atoms with Crippen LogP contribution in [-0.4, -0.2) is 29.2 Å². The van der Waals surface area contributed by atoms with Crippen molar-refractivity contribution in [2.75, 3.05) is 17.2 Å². The zero-order chi connectivity index (χ0) is 18.4. The molecule has 0 unspecified atom stereocenters. The maximum atomic E-state index is 12.7. The van der Waals surface area contributed by atoms with Crippen LogP contribution in [0.2, 0.25) is 5.02 Å². The summed E-state index contributed by atoms with van der Waals surface area (Å²) in [4.78, 5) is 39.3. The molecule has 134 valence electrons. The monoisotopic (exact) mass is 373 g/mol. The van der Waals surface area contributed by atoms with Gasteiger partial charge in [-0.25, -0.2) is 0 Å². The lowest BCUT2D eigenvalue weighted by Crippen LogP contribution is -2.25. The summed E-state index contributed by atoms with van der Waals surface area (Å²) in [6.45, 7) is 1.67. The largest absolute Gasteiger partial charge is 0.482 e. The number of amides is 2. The van der Waals surface area contributed by atoms with Crippen LogP contribution in [0, 0.1) is 6.92 Å². The summed E-state index contributed by atoms with van der Waals surface area (Å²) in [5.41, 5.74) is 3.27. The second-order valence-corrected chi connectivity index (χ2v) is 6.78. The number of hydrogen-bond acceptors (Lipinski definition) is 4. The van der Waals surface area contributed by atoms with E-state index >= 15 is 0 Å². The first-order chi connectivity index (χ1) is 12.4. The van der Waals surface area contributed by atoms with Crippen molar-refractivity contribution in [3.8, 4) is 5.75 Å². The Morgan fingerprint density at radius 3 is 2.85 bits per heavy atom. The molecule has 2 amide bonds. The Balaban J connectivity index is 1.63. The lowest BCUT2D eigenvalue weighted by Gasteiger charge is -2.19. The number of aromatic amines is 1. The van der Waals surface area contributed by atoms with E-state index in [4.69, 9.17) is 16.3 Å². The van der Waals surface area contributed by atoms with Gasteiger partial charge in [0.2, 0.25) is 0 Å². The second-order valence-electron chi connectivity index (χ2n) is 6.37. The lowest BCUT2D eigenvalue weighted by atomic mass is 9.94. The summed E-state index contributed by atoms with van der Waals surface area (Å²) < 4.78 is 5.35. The number of rotatable bonds is 2. The van der Waals surface area contributed by atoms with Gasteiger partial charge >= 0.3 is 0 Å². The maximum absolute atomic E-state index is 12.7. The molecule has 1 aromatic heterocycles. The summed E-state index contributed by atoms with van der Waals surface area (Å²) in [6.07, 6.45) is 2.04. The first-order valence-electron chi connectivity index (χ1n) is 8.26. The van der Waals surface area contributed by atoms with Gasteiger partial charge in [0.1, 0.15) is 11.4 Å². The summed E-state index contributed by atoms with van der Waals surface area (Å²) in [5.74, 6) is -0.147. The predicted molar refractivity (Wildman–Crippen MR) is 96.3 cm³/mol. The van der Waals surface area contributed by atoms with Crippen molar-refractivity contribution in [2.45, 2.75) is 26.2 Å². The van der Waals surface area contributed by atoms with Gasteiger partial charge in [-0.1, -0.05) is 11.6 Å². The van der Waals surface area contributed by atoms with Gasteiger partial charge in [-0.2, -0.15) is 0 Å². The average molecular weight is 374 g/mol. The Bertz CT molecular complexity index is 964. The van der Waals surface area contributed by atoms with Crippen molar-refractivity contribution in [1.82, 2.24) is 4.98 Å². The van der Waals surface area contributed by atoms with Crippen LogP contribution < -0.4 is 15.4 Å². The Kier molecular flexibility index (Phi) is 3.96. The number of H-pyrrole nitrogens is 1. The zero-order valence-corrected chi connectivity index (χ0v) is 14.8. The van der Waals surface area contributed by atoms with Gasteiger partial charge in [-0.05, 0) is 31.4 Å². The molecule has 1 aliphatic carbocycles. The third-order valence-corrected chi connectivity index (χ3v) is 4.93. The molecule has 3 N–H and O–H groups in total. The van der Waals surface area contributed by atoms with E-state index in [2.05, 4.69) is 15.6 Å². The third-order valence-electron chi connectivity index (χ3n) is 4.61. The van der Waals surface area contributed by atoms with Crippen molar-refractivity contribution in [2.24, 2.45) is 0 Å². The molecular formula is C18H16ClN3O4. The molecule has 0 saturated carbocycles. The number of hydrogen-bond donors (Lipinski definition) is 3. The van der Waals surface area contributed by atoms with E-state index in [0.717, 1.165) is 18.5 Å². The summed E-state index contributed by atoms with van der Waals surface area (Å²) in [5, 5.41) is 5.67. The Morgan fingerprint density at radius 1 is 1.27 bits per heavy atom. The van der Waals surface area contributed by atoms with E-state index in [0.29, 0.717) is 40.4 Å². The van der Waals surface area contributed by atoms with E-state index < -0.39 is 0 Å². The Labute approximate surface area is 154 Å².